The zero-order chi connectivity index (χ0) is 19.2. The Morgan fingerprint density at radius 3 is 2.52 bits per heavy atom. The predicted molar refractivity (Wildman–Crippen MR) is 106 cm³/mol. The molecule has 0 radical (unpaired) electrons. The van der Waals surface area contributed by atoms with E-state index in [1.807, 2.05) is 53.9 Å². The highest BCUT2D eigenvalue weighted by atomic mass is 32.1. The second-order valence-corrected chi connectivity index (χ2v) is 6.53. The van der Waals surface area contributed by atoms with Crippen LogP contribution in [0.15, 0.2) is 53.9 Å². The van der Waals surface area contributed by atoms with Crippen LogP contribution in [0.3, 0.4) is 0 Å². The number of aromatic nitrogens is 1. The molecule has 0 aliphatic heterocycles. The van der Waals surface area contributed by atoms with Crippen LogP contribution in [-0.4, -0.2) is 31.2 Å². The number of benzene rings is 2. The molecular formula is C20H20N2O4S. The van der Waals surface area contributed by atoms with E-state index in [1.165, 1.54) is 11.3 Å². The average Bonchev–Trinajstić information content (AvgIpc) is 3.16. The minimum Gasteiger partial charge on any atom is -0.493 e. The number of thiazole rings is 1. The smallest absolute Gasteiger partial charge is 0.266 e. The molecular weight excluding hydrogens is 364 g/mol. The van der Waals surface area contributed by atoms with Gasteiger partial charge in [0, 0.05) is 10.9 Å². The first-order chi connectivity index (χ1) is 13.1. The number of carbonyl (C=O) groups is 1. The summed E-state index contributed by atoms with van der Waals surface area (Å²) in [4.78, 5) is 16.8. The molecule has 1 atom stereocenters. The highest BCUT2D eigenvalue weighted by molar-refractivity contribution is 7.14. The molecule has 0 fully saturated rings. The third kappa shape index (κ3) is 4.57. The van der Waals surface area contributed by atoms with E-state index >= 15 is 0 Å². The fourth-order valence-electron chi connectivity index (χ4n) is 2.42. The SMILES string of the molecule is COc1ccc(-c2csc(NC(=O)[C@@H](C)Oc3ccccc3)n2)cc1OC. The number of amides is 1. The summed E-state index contributed by atoms with van der Waals surface area (Å²) in [7, 11) is 3.18. The molecule has 7 heteroatoms. The number of rotatable bonds is 7. The van der Waals surface area contributed by atoms with E-state index in [9.17, 15) is 4.79 Å². The van der Waals surface area contributed by atoms with Gasteiger partial charge in [-0.25, -0.2) is 4.98 Å². The topological polar surface area (TPSA) is 69.7 Å². The number of nitrogens with zero attached hydrogens (tertiary/aromatic N) is 1. The molecule has 0 unspecified atom stereocenters. The van der Waals surface area contributed by atoms with E-state index in [-0.39, 0.29) is 5.91 Å². The van der Waals surface area contributed by atoms with E-state index < -0.39 is 6.10 Å². The standard InChI is InChI=1S/C20H20N2O4S/c1-13(26-15-7-5-4-6-8-15)19(23)22-20-21-16(12-27-20)14-9-10-17(24-2)18(11-14)25-3/h4-13H,1-3H3,(H,21,22,23)/t13-/m1/s1. The second-order valence-electron chi connectivity index (χ2n) is 5.67. The van der Waals surface area contributed by atoms with Crippen molar-refractivity contribution in [3.05, 3.63) is 53.9 Å². The average molecular weight is 384 g/mol. The summed E-state index contributed by atoms with van der Waals surface area (Å²) in [6.07, 6.45) is -0.638. The Morgan fingerprint density at radius 2 is 1.81 bits per heavy atom. The van der Waals surface area contributed by atoms with Gasteiger partial charge in [-0.15, -0.1) is 11.3 Å². The van der Waals surface area contributed by atoms with Gasteiger partial charge in [0.25, 0.3) is 5.91 Å². The Kier molecular flexibility index (Phi) is 5.93. The second kappa shape index (κ2) is 8.55. The third-order valence-corrected chi connectivity index (χ3v) is 4.60. The normalized spacial score (nSPS) is 11.5. The maximum atomic E-state index is 12.3. The van der Waals surface area contributed by atoms with Crippen molar-refractivity contribution in [1.29, 1.82) is 0 Å². The first-order valence-electron chi connectivity index (χ1n) is 8.31. The van der Waals surface area contributed by atoms with Crippen LogP contribution in [0.5, 0.6) is 17.2 Å². The van der Waals surface area contributed by atoms with Crippen LogP contribution >= 0.6 is 11.3 Å². The van der Waals surface area contributed by atoms with Crippen molar-refractivity contribution in [1.82, 2.24) is 4.98 Å². The van der Waals surface area contributed by atoms with Crippen LogP contribution in [0.4, 0.5) is 5.13 Å². The largest absolute Gasteiger partial charge is 0.493 e. The van der Waals surface area contributed by atoms with Crippen molar-refractivity contribution in [2.45, 2.75) is 13.0 Å². The molecule has 0 saturated carbocycles. The molecule has 1 amide bonds. The fraction of sp³-hybridized carbons (Fsp3) is 0.200. The summed E-state index contributed by atoms with van der Waals surface area (Å²) in [6, 6.07) is 14.8. The third-order valence-electron chi connectivity index (χ3n) is 3.84. The number of anilines is 1. The maximum absolute atomic E-state index is 12.3. The summed E-state index contributed by atoms with van der Waals surface area (Å²) in [6.45, 7) is 1.70. The number of carbonyl (C=O) groups excluding carboxylic acids is 1. The van der Waals surface area contributed by atoms with E-state index in [0.717, 1.165) is 11.3 Å². The number of hydrogen-bond donors (Lipinski definition) is 1. The highest BCUT2D eigenvalue weighted by Crippen LogP contribution is 2.33. The summed E-state index contributed by atoms with van der Waals surface area (Å²) in [5, 5.41) is 5.17. The molecule has 0 aliphatic carbocycles. The van der Waals surface area contributed by atoms with Gasteiger partial charge in [0.2, 0.25) is 0 Å². The lowest BCUT2D eigenvalue weighted by Gasteiger charge is -2.13. The van der Waals surface area contributed by atoms with Crippen molar-refractivity contribution in [2.75, 3.05) is 19.5 Å². The summed E-state index contributed by atoms with van der Waals surface area (Å²) < 4.78 is 16.2. The number of nitrogens with one attached hydrogen (secondary N) is 1. The van der Waals surface area contributed by atoms with E-state index in [0.29, 0.717) is 22.4 Å². The monoisotopic (exact) mass is 384 g/mol. The Labute approximate surface area is 161 Å². The summed E-state index contributed by atoms with van der Waals surface area (Å²) in [5.74, 6) is 1.66. The molecule has 0 saturated heterocycles. The van der Waals surface area contributed by atoms with Crippen LogP contribution < -0.4 is 19.5 Å². The molecule has 1 heterocycles. The van der Waals surface area contributed by atoms with Crippen LogP contribution in [0.25, 0.3) is 11.3 Å². The summed E-state index contributed by atoms with van der Waals surface area (Å²) >= 11 is 1.35. The minimum absolute atomic E-state index is 0.257. The molecule has 1 aromatic heterocycles. The molecule has 140 valence electrons. The van der Waals surface area contributed by atoms with Crippen molar-refractivity contribution in [3.63, 3.8) is 0 Å². The number of ether oxygens (including phenoxy) is 3. The van der Waals surface area contributed by atoms with Crippen LogP contribution in [0, 0.1) is 0 Å². The van der Waals surface area contributed by atoms with E-state index in [4.69, 9.17) is 14.2 Å². The van der Waals surface area contributed by atoms with Gasteiger partial charge in [-0.3, -0.25) is 10.1 Å². The fourth-order valence-corrected chi connectivity index (χ4v) is 3.15. The van der Waals surface area contributed by atoms with Gasteiger partial charge in [0.1, 0.15) is 5.75 Å². The lowest BCUT2D eigenvalue weighted by atomic mass is 10.1. The highest BCUT2D eigenvalue weighted by Gasteiger charge is 2.17. The van der Waals surface area contributed by atoms with Crippen molar-refractivity contribution < 1.29 is 19.0 Å². The Hall–Kier alpha value is -3.06. The first-order valence-corrected chi connectivity index (χ1v) is 9.19. The zero-order valence-electron chi connectivity index (χ0n) is 15.3. The van der Waals surface area contributed by atoms with Crippen LogP contribution in [-0.2, 0) is 4.79 Å². The van der Waals surface area contributed by atoms with Gasteiger partial charge in [0.15, 0.2) is 22.7 Å². The quantitative estimate of drug-likeness (QED) is 0.660. The molecule has 0 aliphatic rings. The number of hydrogen-bond acceptors (Lipinski definition) is 6. The molecule has 27 heavy (non-hydrogen) atoms. The maximum Gasteiger partial charge on any atom is 0.266 e. The van der Waals surface area contributed by atoms with E-state index in [1.54, 1.807) is 21.1 Å². The van der Waals surface area contributed by atoms with Gasteiger partial charge in [-0.05, 0) is 37.3 Å². The van der Waals surface area contributed by atoms with Gasteiger partial charge >= 0.3 is 0 Å². The van der Waals surface area contributed by atoms with Gasteiger partial charge in [-0.1, -0.05) is 18.2 Å². The lowest BCUT2D eigenvalue weighted by molar-refractivity contribution is -0.122. The molecule has 3 rings (SSSR count). The summed E-state index contributed by atoms with van der Waals surface area (Å²) in [5.41, 5.74) is 1.62. The van der Waals surface area contributed by atoms with Crippen molar-refractivity contribution in [3.8, 4) is 28.5 Å². The van der Waals surface area contributed by atoms with Crippen molar-refractivity contribution in [2.24, 2.45) is 0 Å². The van der Waals surface area contributed by atoms with Gasteiger partial charge in [-0.2, -0.15) is 0 Å². The van der Waals surface area contributed by atoms with Crippen LogP contribution in [0.2, 0.25) is 0 Å². The van der Waals surface area contributed by atoms with Crippen LogP contribution in [0.1, 0.15) is 6.92 Å². The number of methoxy groups -OCH3 is 2. The minimum atomic E-state index is -0.638. The van der Waals surface area contributed by atoms with Gasteiger partial charge < -0.3 is 14.2 Å². The molecule has 0 spiro atoms. The molecule has 2 aromatic carbocycles. The van der Waals surface area contributed by atoms with Gasteiger partial charge in [0.05, 0.1) is 19.9 Å². The Balaban J connectivity index is 1.68. The molecule has 6 nitrogen and oxygen atoms in total. The lowest BCUT2D eigenvalue weighted by Crippen LogP contribution is -2.30. The Morgan fingerprint density at radius 1 is 1.07 bits per heavy atom. The van der Waals surface area contributed by atoms with Crippen molar-refractivity contribution >= 4 is 22.4 Å². The molecule has 3 aromatic rings. The molecule has 1 N–H and O–H groups in total. The predicted octanol–water partition coefficient (Wildman–Crippen LogP) is 4.23. The van der Waals surface area contributed by atoms with E-state index in [2.05, 4.69) is 10.3 Å². The number of para-hydroxylation sites is 1. The first kappa shape index (κ1) is 18.7. The Bertz CT molecular complexity index is 911. The molecule has 0 bridgehead atoms. The zero-order valence-corrected chi connectivity index (χ0v) is 16.1.